The van der Waals surface area contributed by atoms with E-state index in [1.54, 1.807) is 47.0 Å². The Morgan fingerprint density at radius 3 is 2.56 bits per heavy atom. The van der Waals surface area contributed by atoms with Crippen molar-refractivity contribution >= 4 is 56.0 Å². The molecule has 1 atom stereocenters. The molecule has 0 spiro atoms. The molecule has 2 amide bonds. The molecule has 0 radical (unpaired) electrons. The van der Waals surface area contributed by atoms with Gasteiger partial charge in [-0.1, -0.05) is 16.8 Å². The fraction of sp³-hybridized carbons (Fsp3) is 0.346. The zero-order valence-corrected chi connectivity index (χ0v) is 24.5. The summed E-state index contributed by atoms with van der Waals surface area (Å²) in [6.45, 7) is 4.96. The van der Waals surface area contributed by atoms with Crippen molar-refractivity contribution < 1.29 is 26.9 Å². The van der Waals surface area contributed by atoms with Crippen LogP contribution in [-0.4, -0.2) is 61.3 Å². The maximum absolute atomic E-state index is 15.1. The van der Waals surface area contributed by atoms with Crippen LogP contribution in [0.1, 0.15) is 45.6 Å². The molecule has 2 aromatic heterocycles. The second-order valence-electron chi connectivity index (χ2n) is 9.46. The summed E-state index contributed by atoms with van der Waals surface area (Å²) in [5.74, 6) is -1.26. The molecule has 4 rings (SSSR count). The number of sulfonamides is 1. The molecule has 3 heterocycles. The van der Waals surface area contributed by atoms with E-state index >= 15 is 4.39 Å². The fourth-order valence-electron chi connectivity index (χ4n) is 4.42. The van der Waals surface area contributed by atoms with Gasteiger partial charge in [-0.2, -0.15) is 4.31 Å². The van der Waals surface area contributed by atoms with Gasteiger partial charge in [-0.25, -0.2) is 12.8 Å². The van der Waals surface area contributed by atoms with E-state index in [0.717, 1.165) is 15.8 Å². The first-order valence-corrected chi connectivity index (χ1v) is 14.7. The molecule has 13 heteroatoms. The van der Waals surface area contributed by atoms with Gasteiger partial charge in [0.05, 0.1) is 21.1 Å². The van der Waals surface area contributed by atoms with Crippen LogP contribution >= 0.6 is 22.9 Å². The van der Waals surface area contributed by atoms with E-state index in [4.69, 9.17) is 16.1 Å². The number of nitrogens with zero attached hydrogens (tertiary/aromatic N) is 4. The number of aromatic nitrogens is 1. The molecule has 1 saturated heterocycles. The maximum Gasteiger partial charge on any atom is 0.253 e. The van der Waals surface area contributed by atoms with Crippen molar-refractivity contribution in [1.82, 2.24) is 14.4 Å². The van der Waals surface area contributed by atoms with E-state index < -0.39 is 27.8 Å². The van der Waals surface area contributed by atoms with Crippen molar-refractivity contribution in [3.05, 3.63) is 73.4 Å². The summed E-state index contributed by atoms with van der Waals surface area (Å²) in [5, 5.41) is 5.03. The Morgan fingerprint density at radius 1 is 1.28 bits per heavy atom. The molecule has 208 valence electrons. The van der Waals surface area contributed by atoms with Gasteiger partial charge < -0.3 is 14.3 Å². The third-order valence-corrected chi connectivity index (χ3v) is 9.58. The smallest absolute Gasteiger partial charge is 0.253 e. The summed E-state index contributed by atoms with van der Waals surface area (Å²) >= 11 is 7.27. The minimum absolute atomic E-state index is 0.0209. The van der Waals surface area contributed by atoms with Crippen molar-refractivity contribution in [2.24, 2.45) is 0 Å². The Balaban J connectivity index is 1.70. The first-order chi connectivity index (χ1) is 18.3. The molecule has 1 aliphatic rings. The molecule has 0 unspecified atom stereocenters. The van der Waals surface area contributed by atoms with Crippen LogP contribution in [0.3, 0.4) is 0 Å². The van der Waals surface area contributed by atoms with Crippen LogP contribution in [0.4, 0.5) is 10.1 Å². The van der Waals surface area contributed by atoms with Crippen LogP contribution in [0, 0.1) is 19.7 Å². The summed E-state index contributed by atoms with van der Waals surface area (Å²) in [6.07, 6.45) is 0.136. The molecular formula is C26H28ClFN4O5S2. The number of anilines is 1. The number of amides is 2. The van der Waals surface area contributed by atoms with Crippen molar-refractivity contribution in [3.8, 4) is 0 Å². The number of halogens is 2. The van der Waals surface area contributed by atoms with Crippen LogP contribution in [0.2, 0.25) is 4.34 Å². The molecule has 1 fully saturated rings. The lowest BCUT2D eigenvalue weighted by Crippen LogP contribution is -2.44. The maximum atomic E-state index is 15.1. The molecule has 1 aliphatic heterocycles. The Hall–Kier alpha value is -3.06. The molecular weight excluding hydrogens is 567 g/mol. The van der Waals surface area contributed by atoms with Crippen molar-refractivity contribution in [3.63, 3.8) is 0 Å². The predicted octanol–water partition coefficient (Wildman–Crippen LogP) is 4.85. The minimum Gasteiger partial charge on any atom is -0.361 e. The van der Waals surface area contributed by atoms with E-state index in [-0.39, 0.29) is 36.7 Å². The monoisotopic (exact) mass is 594 g/mol. The average molecular weight is 595 g/mol. The normalized spacial score (nSPS) is 16.4. The van der Waals surface area contributed by atoms with Gasteiger partial charge in [-0.05, 0) is 63.1 Å². The topological polar surface area (TPSA) is 104 Å². The molecule has 1 aromatic carbocycles. The van der Waals surface area contributed by atoms with Gasteiger partial charge in [0.1, 0.15) is 17.6 Å². The van der Waals surface area contributed by atoms with Crippen molar-refractivity contribution in [2.45, 2.75) is 39.8 Å². The van der Waals surface area contributed by atoms with Gasteiger partial charge in [-0.15, -0.1) is 11.3 Å². The quantitative estimate of drug-likeness (QED) is 0.369. The number of allylic oxidation sites excluding steroid dienone is 1. The number of benzene rings is 1. The predicted molar refractivity (Wildman–Crippen MR) is 149 cm³/mol. The highest BCUT2D eigenvalue weighted by Gasteiger charge is 2.42. The van der Waals surface area contributed by atoms with Gasteiger partial charge in [-0.3, -0.25) is 9.59 Å². The van der Waals surface area contributed by atoms with Gasteiger partial charge in [0.2, 0.25) is 15.9 Å². The number of carbonyl (C=O) groups is 2. The largest absolute Gasteiger partial charge is 0.361 e. The van der Waals surface area contributed by atoms with Crippen molar-refractivity contribution in [2.75, 3.05) is 25.5 Å². The summed E-state index contributed by atoms with van der Waals surface area (Å²) in [6, 6.07) is 6.19. The number of aryl methyl sites for hydroxylation is 2. The SMILES string of the molecule is C/C(=C\S(=O)(=O)N(Cc1c(C)noc1C)[C@H]1CCN(c2ccc(C(=O)N(C)C)cc2F)C1=O)c1ccc(Cl)s1. The second kappa shape index (κ2) is 11.2. The lowest BCUT2D eigenvalue weighted by atomic mass is 10.1. The van der Waals surface area contributed by atoms with E-state index in [2.05, 4.69) is 5.16 Å². The van der Waals surface area contributed by atoms with Crippen LogP contribution in [0.25, 0.3) is 5.57 Å². The molecule has 0 aliphatic carbocycles. The zero-order chi connectivity index (χ0) is 28.6. The number of hydrogen-bond acceptors (Lipinski definition) is 7. The lowest BCUT2D eigenvalue weighted by molar-refractivity contribution is -0.120. The van der Waals surface area contributed by atoms with E-state index in [9.17, 15) is 18.0 Å². The van der Waals surface area contributed by atoms with Gasteiger partial charge >= 0.3 is 0 Å². The van der Waals surface area contributed by atoms with Crippen LogP contribution in [0.5, 0.6) is 0 Å². The standard InChI is InChI=1S/C26H28ClFN4O5S2/c1-15(23-8-9-24(27)38-23)14-39(35,36)32(13-19-16(2)29-37-17(19)3)22-10-11-31(26(22)34)21-7-6-18(12-20(21)28)25(33)30(4)5/h6-9,12,14,22H,10-11,13H2,1-5H3/b15-14+/t22-/m0/s1. The van der Waals surface area contributed by atoms with Crippen LogP contribution in [0.15, 0.2) is 40.3 Å². The van der Waals surface area contributed by atoms with E-state index in [1.165, 1.54) is 33.3 Å². The Kier molecular flexibility index (Phi) is 8.31. The molecule has 0 N–H and O–H groups in total. The van der Waals surface area contributed by atoms with Gasteiger partial charge in [0, 0.05) is 43.2 Å². The number of rotatable bonds is 8. The fourth-order valence-corrected chi connectivity index (χ4v) is 7.08. The van der Waals surface area contributed by atoms with Crippen LogP contribution in [-0.2, 0) is 21.4 Å². The summed E-state index contributed by atoms with van der Waals surface area (Å²) < 4.78 is 49.5. The third-order valence-electron chi connectivity index (χ3n) is 6.53. The summed E-state index contributed by atoms with van der Waals surface area (Å²) in [4.78, 5) is 29.1. The van der Waals surface area contributed by atoms with Gasteiger partial charge in [0.25, 0.3) is 5.91 Å². The number of thiophene rings is 1. The average Bonchev–Trinajstić information content (AvgIpc) is 3.56. The molecule has 3 aromatic rings. The molecule has 0 bridgehead atoms. The summed E-state index contributed by atoms with van der Waals surface area (Å²) in [5.41, 5.74) is 1.64. The Morgan fingerprint density at radius 2 is 2.00 bits per heavy atom. The summed E-state index contributed by atoms with van der Waals surface area (Å²) in [7, 11) is -1.04. The van der Waals surface area contributed by atoms with E-state index in [0.29, 0.717) is 31.8 Å². The Bertz CT molecular complexity index is 1540. The number of hydrogen-bond donors (Lipinski definition) is 0. The molecule has 9 nitrogen and oxygen atoms in total. The Labute approximate surface area is 235 Å². The first-order valence-electron chi connectivity index (χ1n) is 12.0. The highest BCUT2D eigenvalue weighted by molar-refractivity contribution is 7.92. The molecule has 39 heavy (non-hydrogen) atoms. The molecule has 0 saturated carbocycles. The van der Waals surface area contributed by atoms with Gasteiger partial charge in [0.15, 0.2) is 0 Å². The van der Waals surface area contributed by atoms with Crippen molar-refractivity contribution in [1.29, 1.82) is 0 Å². The third kappa shape index (κ3) is 5.93. The number of carbonyl (C=O) groups excluding carboxylic acids is 2. The van der Waals surface area contributed by atoms with E-state index in [1.807, 2.05) is 0 Å². The first kappa shape index (κ1) is 28.9. The highest BCUT2D eigenvalue weighted by atomic mass is 35.5. The van der Waals surface area contributed by atoms with Crippen LogP contribution < -0.4 is 4.90 Å². The second-order valence-corrected chi connectivity index (χ2v) is 12.9. The lowest BCUT2D eigenvalue weighted by Gasteiger charge is -2.26. The minimum atomic E-state index is -4.16. The zero-order valence-electron chi connectivity index (χ0n) is 22.1. The highest BCUT2D eigenvalue weighted by Crippen LogP contribution is 2.33.